The number of amides is 1. The van der Waals surface area contributed by atoms with Gasteiger partial charge in [-0.1, -0.05) is 6.07 Å². The smallest absolute Gasteiger partial charge is 0.224 e. The molecule has 5 nitrogen and oxygen atoms in total. The molecule has 1 aromatic rings. The van der Waals surface area contributed by atoms with E-state index in [1.54, 1.807) is 0 Å². The fraction of sp³-hybridized carbons (Fsp3) is 0.533. The normalized spacial score (nSPS) is 19.7. The number of hydrogen-bond donors (Lipinski definition) is 2. The van der Waals surface area contributed by atoms with Crippen LogP contribution in [0.4, 0.5) is 5.69 Å². The van der Waals surface area contributed by atoms with E-state index in [0.717, 1.165) is 19.5 Å². The summed E-state index contributed by atoms with van der Waals surface area (Å²) >= 11 is 0. The third-order valence-corrected chi connectivity index (χ3v) is 3.78. The number of nitrogens with one attached hydrogen (secondary N) is 2. The molecule has 0 radical (unpaired) electrons. The Labute approximate surface area is 130 Å². The van der Waals surface area contributed by atoms with E-state index in [0.29, 0.717) is 42.7 Å². The van der Waals surface area contributed by atoms with Crippen molar-refractivity contribution >= 4 is 24.0 Å². The number of fused-ring (bicyclic) bond motifs is 1. The van der Waals surface area contributed by atoms with Crippen molar-refractivity contribution in [3.63, 3.8) is 0 Å². The van der Waals surface area contributed by atoms with Crippen molar-refractivity contribution in [3.05, 3.63) is 18.2 Å². The summed E-state index contributed by atoms with van der Waals surface area (Å²) in [5, 5.41) is 6.25. The highest BCUT2D eigenvalue weighted by molar-refractivity contribution is 5.92. The Balaban J connectivity index is 0.00000161. The van der Waals surface area contributed by atoms with Crippen LogP contribution in [-0.4, -0.2) is 32.2 Å². The summed E-state index contributed by atoms with van der Waals surface area (Å²) in [6.45, 7) is 3.18. The Bertz CT molecular complexity index is 490. The maximum Gasteiger partial charge on any atom is 0.224 e. The molecule has 1 saturated heterocycles. The first-order chi connectivity index (χ1) is 9.83. The average Bonchev–Trinajstić information content (AvgIpc) is 2.99. The predicted octanol–water partition coefficient (Wildman–Crippen LogP) is 2.21. The van der Waals surface area contributed by atoms with Gasteiger partial charge in [-0.25, -0.2) is 0 Å². The predicted molar refractivity (Wildman–Crippen MR) is 83.5 cm³/mol. The Morgan fingerprint density at radius 1 is 1.33 bits per heavy atom. The van der Waals surface area contributed by atoms with Crippen LogP contribution in [0.25, 0.3) is 0 Å². The van der Waals surface area contributed by atoms with Gasteiger partial charge in [0.15, 0.2) is 11.5 Å². The van der Waals surface area contributed by atoms with Gasteiger partial charge in [-0.05, 0) is 44.0 Å². The van der Waals surface area contributed by atoms with Gasteiger partial charge >= 0.3 is 0 Å². The van der Waals surface area contributed by atoms with Crippen LogP contribution in [0.2, 0.25) is 0 Å². The highest BCUT2D eigenvalue weighted by atomic mass is 35.5. The first-order valence-corrected chi connectivity index (χ1v) is 7.22. The Hall–Kier alpha value is -1.46. The molecular weight excluding hydrogens is 292 g/mol. The molecule has 116 valence electrons. The summed E-state index contributed by atoms with van der Waals surface area (Å²) < 4.78 is 11.1. The number of anilines is 1. The second-order valence-corrected chi connectivity index (χ2v) is 5.28. The van der Waals surface area contributed by atoms with Crippen LogP contribution < -0.4 is 20.1 Å². The van der Waals surface area contributed by atoms with E-state index in [4.69, 9.17) is 9.47 Å². The highest BCUT2D eigenvalue weighted by Crippen LogP contribution is 2.37. The summed E-state index contributed by atoms with van der Waals surface area (Å²) in [4.78, 5) is 12.0. The van der Waals surface area contributed by atoms with E-state index in [2.05, 4.69) is 10.6 Å². The summed E-state index contributed by atoms with van der Waals surface area (Å²) in [7, 11) is 0. The molecule has 1 fully saturated rings. The van der Waals surface area contributed by atoms with E-state index in [1.165, 1.54) is 6.42 Å². The fourth-order valence-corrected chi connectivity index (χ4v) is 2.68. The van der Waals surface area contributed by atoms with Crippen LogP contribution in [0.5, 0.6) is 11.5 Å². The second kappa shape index (κ2) is 7.52. The van der Waals surface area contributed by atoms with E-state index >= 15 is 0 Å². The summed E-state index contributed by atoms with van der Waals surface area (Å²) in [5.41, 5.74) is 0.705. The highest BCUT2D eigenvalue weighted by Gasteiger charge is 2.19. The lowest BCUT2D eigenvalue weighted by atomic mass is 10.0. The van der Waals surface area contributed by atoms with Crippen LogP contribution in [0, 0.1) is 5.92 Å². The second-order valence-electron chi connectivity index (χ2n) is 5.28. The molecule has 1 aromatic carbocycles. The van der Waals surface area contributed by atoms with Gasteiger partial charge in [0.1, 0.15) is 13.2 Å². The quantitative estimate of drug-likeness (QED) is 0.895. The van der Waals surface area contributed by atoms with Crippen molar-refractivity contribution in [1.82, 2.24) is 5.32 Å². The SMILES string of the molecule is Cl.O=C(CCC1CCNC1)Nc1cccc2c1OCCO2. The molecule has 3 rings (SSSR count). The Kier molecular flexibility index (Phi) is 5.70. The van der Waals surface area contributed by atoms with Gasteiger partial charge in [0.25, 0.3) is 0 Å². The largest absolute Gasteiger partial charge is 0.486 e. The van der Waals surface area contributed by atoms with Crippen molar-refractivity contribution < 1.29 is 14.3 Å². The van der Waals surface area contributed by atoms with Crippen LogP contribution >= 0.6 is 12.4 Å². The first-order valence-electron chi connectivity index (χ1n) is 7.22. The number of benzene rings is 1. The molecule has 1 amide bonds. The van der Waals surface area contributed by atoms with Gasteiger partial charge < -0.3 is 20.1 Å². The number of ether oxygens (including phenoxy) is 2. The lowest BCUT2D eigenvalue weighted by Gasteiger charge is -2.21. The van der Waals surface area contributed by atoms with Crippen LogP contribution in [0.3, 0.4) is 0 Å². The first kappa shape index (κ1) is 15.9. The molecule has 21 heavy (non-hydrogen) atoms. The number of hydrogen-bond acceptors (Lipinski definition) is 4. The summed E-state index contributed by atoms with van der Waals surface area (Å²) in [5.74, 6) is 2.02. The molecule has 0 bridgehead atoms. The number of carbonyl (C=O) groups excluding carboxylic acids is 1. The van der Waals surface area contributed by atoms with E-state index in [-0.39, 0.29) is 18.3 Å². The molecule has 2 aliphatic heterocycles. The lowest BCUT2D eigenvalue weighted by Crippen LogP contribution is -2.19. The zero-order valence-electron chi connectivity index (χ0n) is 11.9. The summed E-state index contributed by atoms with van der Waals surface area (Å²) in [6, 6.07) is 5.57. The third kappa shape index (κ3) is 4.02. The van der Waals surface area contributed by atoms with E-state index < -0.39 is 0 Å². The monoisotopic (exact) mass is 312 g/mol. The van der Waals surface area contributed by atoms with Gasteiger partial charge in [0.2, 0.25) is 5.91 Å². The average molecular weight is 313 g/mol. The summed E-state index contributed by atoms with van der Waals surface area (Å²) in [6.07, 6.45) is 2.66. The van der Waals surface area contributed by atoms with Crippen molar-refractivity contribution in [2.45, 2.75) is 19.3 Å². The zero-order chi connectivity index (χ0) is 13.8. The fourth-order valence-electron chi connectivity index (χ4n) is 2.68. The molecule has 2 aliphatic rings. The molecule has 2 N–H and O–H groups in total. The van der Waals surface area contributed by atoms with E-state index in [9.17, 15) is 4.79 Å². The molecule has 0 spiro atoms. The maximum absolute atomic E-state index is 12.0. The van der Waals surface area contributed by atoms with Gasteiger partial charge in [-0.15, -0.1) is 12.4 Å². The van der Waals surface area contributed by atoms with Crippen LogP contribution in [0.1, 0.15) is 19.3 Å². The molecule has 6 heteroatoms. The van der Waals surface area contributed by atoms with Crippen molar-refractivity contribution in [1.29, 1.82) is 0 Å². The molecule has 1 atom stereocenters. The zero-order valence-corrected chi connectivity index (χ0v) is 12.7. The topological polar surface area (TPSA) is 59.6 Å². The van der Waals surface area contributed by atoms with Gasteiger partial charge in [0, 0.05) is 6.42 Å². The minimum absolute atomic E-state index is 0. The van der Waals surface area contributed by atoms with Crippen molar-refractivity contribution in [3.8, 4) is 11.5 Å². The maximum atomic E-state index is 12.0. The molecule has 1 unspecified atom stereocenters. The van der Waals surface area contributed by atoms with Gasteiger partial charge in [-0.2, -0.15) is 0 Å². The van der Waals surface area contributed by atoms with Gasteiger partial charge in [-0.3, -0.25) is 4.79 Å². The minimum Gasteiger partial charge on any atom is -0.486 e. The number of para-hydroxylation sites is 1. The molecule has 0 aliphatic carbocycles. The number of rotatable bonds is 4. The molecule has 2 heterocycles. The van der Waals surface area contributed by atoms with Crippen molar-refractivity contribution in [2.24, 2.45) is 5.92 Å². The third-order valence-electron chi connectivity index (χ3n) is 3.78. The molecule has 0 aromatic heterocycles. The molecular formula is C15H21ClN2O3. The molecule has 0 saturated carbocycles. The minimum atomic E-state index is 0. The van der Waals surface area contributed by atoms with Crippen molar-refractivity contribution in [2.75, 3.05) is 31.6 Å². The van der Waals surface area contributed by atoms with Crippen LogP contribution in [-0.2, 0) is 4.79 Å². The number of carbonyl (C=O) groups is 1. The Morgan fingerprint density at radius 2 is 2.19 bits per heavy atom. The van der Waals surface area contributed by atoms with Crippen LogP contribution in [0.15, 0.2) is 18.2 Å². The number of halogens is 1. The lowest BCUT2D eigenvalue weighted by molar-refractivity contribution is -0.116. The Morgan fingerprint density at radius 3 is 3.00 bits per heavy atom. The van der Waals surface area contributed by atoms with Gasteiger partial charge in [0.05, 0.1) is 5.69 Å². The van der Waals surface area contributed by atoms with E-state index in [1.807, 2.05) is 18.2 Å². The standard InChI is InChI=1S/C15H20N2O3.ClH/c18-14(5-4-11-6-7-16-10-11)17-12-2-1-3-13-15(12)20-9-8-19-13;/h1-3,11,16H,4-10H2,(H,17,18);1H.